The summed E-state index contributed by atoms with van der Waals surface area (Å²) in [5.74, 6) is -0.707. The summed E-state index contributed by atoms with van der Waals surface area (Å²) >= 11 is 0. The van der Waals surface area contributed by atoms with Gasteiger partial charge in [0.15, 0.2) is 11.6 Å². The highest BCUT2D eigenvalue weighted by Gasteiger charge is 2.32. The number of aromatic nitrogens is 4. The molecule has 1 aromatic carbocycles. The van der Waals surface area contributed by atoms with Crippen LogP contribution in [0.2, 0.25) is 0 Å². The molecule has 13 heteroatoms. The van der Waals surface area contributed by atoms with Gasteiger partial charge in [-0.2, -0.15) is 27.3 Å². The Kier molecular flexibility index (Phi) is 7.34. The predicted octanol–water partition coefficient (Wildman–Crippen LogP) is 4.45. The number of amides is 1. The quantitative estimate of drug-likeness (QED) is 0.485. The number of alkyl halides is 3. The number of halogens is 4. The Morgan fingerprint density at radius 3 is 2.47 bits per heavy atom. The molecule has 0 saturated heterocycles. The van der Waals surface area contributed by atoms with Crippen molar-refractivity contribution in [3.63, 3.8) is 0 Å². The van der Waals surface area contributed by atoms with Gasteiger partial charge in [0.25, 0.3) is 5.91 Å². The molecule has 3 rings (SSSR count). The van der Waals surface area contributed by atoms with E-state index in [9.17, 15) is 26.6 Å². The van der Waals surface area contributed by atoms with Crippen LogP contribution in [0.15, 0.2) is 47.2 Å². The highest BCUT2D eigenvalue weighted by molar-refractivity contribution is 7.93. The van der Waals surface area contributed by atoms with Crippen LogP contribution in [0.4, 0.5) is 23.2 Å². The molecule has 1 atom stereocenters. The minimum atomic E-state index is -4.80. The number of hydrogen-bond acceptors (Lipinski definition) is 6. The van der Waals surface area contributed by atoms with E-state index in [-0.39, 0.29) is 5.82 Å². The second-order valence-corrected chi connectivity index (χ2v) is 10.1. The topological polar surface area (TPSA) is 102 Å². The van der Waals surface area contributed by atoms with Crippen molar-refractivity contribution in [2.45, 2.75) is 33.0 Å². The second kappa shape index (κ2) is 9.87. The fraction of sp³-hybridized carbons (Fsp3) is 0.333. The van der Waals surface area contributed by atoms with Crippen LogP contribution in [0.5, 0.6) is 0 Å². The monoisotopic (exact) mass is 498 g/mol. The van der Waals surface area contributed by atoms with Crippen molar-refractivity contribution in [2.75, 3.05) is 11.5 Å². The number of nitrogens with zero attached hydrogens (tertiary/aromatic N) is 5. The molecule has 0 unspecified atom stereocenters. The lowest BCUT2D eigenvalue weighted by Gasteiger charge is -2.15. The fourth-order valence-corrected chi connectivity index (χ4v) is 4.19. The van der Waals surface area contributed by atoms with Gasteiger partial charge in [-0.3, -0.25) is 4.79 Å². The molecule has 0 fully saturated rings. The maximum absolute atomic E-state index is 13.7. The molecular formula is C21H22F4N6O2S. The first-order valence-electron chi connectivity index (χ1n) is 10.2. The summed E-state index contributed by atoms with van der Waals surface area (Å²) < 4.78 is 70.6. The molecule has 182 valence electrons. The van der Waals surface area contributed by atoms with E-state index in [2.05, 4.69) is 24.7 Å². The molecule has 1 amide bonds. The highest BCUT2D eigenvalue weighted by atomic mass is 32.2. The van der Waals surface area contributed by atoms with Crippen molar-refractivity contribution in [1.82, 2.24) is 25.1 Å². The molecule has 0 spiro atoms. The van der Waals surface area contributed by atoms with Gasteiger partial charge >= 0.3 is 6.18 Å². The van der Waals surface area contributed by atoms with Gasteiger partial charge in [0, 0.05) is 17.1 Å². The van der Waals surface area contributed by atoms with E-state index in [1.54, 1.807) is 32.9 Å². The Labute approximate surface area is 193 Å². The number of nitrogens with one attached hydrogen (secondary N) is 1. The van der Waals surface area contributed by atoms with Crippen LogP contribution in [0.25, 0.3) is 5.82 Å². The molecule has 34 heavy (non-hydrogen) atoms. The number of carbonyl (C=O) groups excluding carboxylic acids is 1. The van der Waals surface area contributed by atoms with Crippen LogP contribution < -0.4 is 5.32 Å². The lowest BCUT2D eigenvalue weighted by atomic mass is 10.1. The Morgan fingerprint density at radius 2 is 1.88 bits per heavy atom. The van der Waals surface area contributed by atoms with Crippen molar-refractivity contribution in [2.24, 2.45) is 4.36 Å². The van der Waals surface area contributed by atoms with Crippen molar-refractivity contribution in [3.8, 4) is 5.82 Å². The zero-order valence-corrected chi connectivity index (χ0v) is 19.3. The largest absolute Gasteiger partial charge is 0.416 e. The molecule has 0 aliphatic carbocycles. The third-order valence-electron chi connectivity index (χ3n) is 4.92. The summed E-state index contributed by atoms with van der Waals surface area (Å²) in [6.45, 7) is 5.13. The molecule has 0 saturated carbocycles. The average molecular weight is 499 g/mol. The summed E-state index contributed by atoms with van der Waals surface area (Å²) in [4.78, 5) is 20.9. The van der Waals surface area contributed by atoms with Crippen molar-refractivity contribution in [1.29, 1.82) is 0 Å². The van der Waals surface area contributed by atoms with Crippen LogP contribution in [0, 0.1) is 5.82 Å². The molecule has 0 aliphatic rings. The van der Waals surface area contributed by atoms with E-state index in [1.165, 1.54) is 17.2 Å². The number of benzene rings is 1. The molecule has 1 N–H and O–H groups in total. The summed E-state index contributed by atoms with van der Waals surface area (Å²) in [7, 11) is -2.36. The second-order valence-electron chi connectivity index (χ2n) is 7.27. The maximum Gasteiger partial charge on any atom is 0.416 e. The number of carbonyl (C=O) groups is 1. The molecular weight excluding hydrogens is 476 g/mol. The van der Waals surface area contributed by atoms with E-state index in [0.29, 0.717) is 35.1 Å². The van der Waals surface area contributed by atoms with E-state index in [0.717, 1.165) is 6.07 Å². The van der Waals surface area contributed by atoms with Crippen molar-refractivity contribution < 1.29 is 26.6 Å². The Balaban J connectivity index is 1.83. The third-order valence-corrected chi connectivity index (χ3v) is 7.27. The molecule has 0 bridgehead atoms. The SMILES string of the molecule is CCS(=O)(CC)=Nc1ccc(-n2ncnc2[C@H](C)NC(=O)c2cc(F)cc(C(F)(F)F)c2)nc1. The van der Waals surface area contributed by atoms with Gasteiger partial charge < -0.3 is 5.32 Å². The van der Waals surface area contributed by atoms with Gasteiger partial charge in [-0.25, -0.2) is 18.6 Å². The first kappa shape index (κ1) is 25.3. The van der Waals surface area contributed by atoms with Crippen LogP contribution in [0.1, 0.15) is 48.6 Å². The zero-order chi connectivity index (χ0) is 25.1. The molecule has 8 nitrogen and oxygen atoms in total. The Bertz CT molecular complexity index is 1290. The van der Waals surface area contributed by atoms with Gasteiger partial charge in [-0.05, 0) is 37.3 Å². The maximum atomic E-state index is 13.7. The summed E-state index contributed by atoms with van der Waals surface area (Å²) in [6.07, 6.45) is -2.14. The summed E-state index contributed by atoms with van der Waals surface area (Å²) in [6, 6.07) is 4.00. The van der Waals surface area contributed by atoms with Crippen molar-refractivity contribution in [3.05, 3.63) is 65.6 Å². The van der Waals surface area contributed by atoms with Gasteiger partial charge in [0.05, 0.1) is 33.2 Å². The number of pyridine rings is 1. The Morgan fingerprint density at radius 1 is 1.18 bits per heavy atom. The first-order valence-corrected chi connectivity index (χ1v) is 12.1. The molecule has 0 aliphatic heterocycles. The van der Waals surface area contributed by atoms with Crippen molar-refractivity contribution >= 4 is 21.3 Å². The van der Waals surface area contributed by atoms with E-state index in [4.69, 9.17) is 0 Å². The third kappa shape index (κ3) is 5.76. The van der Waals surface area contributed by atoms with Crippen LogP contribution in [-0.2, 0) is 15.9 Å². The minimum Gasteiger partial charge on any atom is -0.342 e. The predicted molar refractivity (Wildman–Crippen MR) is 118 cm³/mol. The zero-order valence-electron chi connectivity index (χ0n) is 18.5. The van der Waals surface area contributed by atoms with E-state index < -0.39 is 44.8 Å². The Hall–Kier alpha value is -3.35. The fourth-order valence-electron chi connectivity index (χ4n) is 3.03. The normalized spacial score (nSPS) is 12.9. The standard InChI is InChI=1S/C21H22F4N6O2S/c1-4-34(33,5-2)30-17-6-7-18(26-11-17)31-19(27-12-28-31)13(3)29-20(32)14-8-15(21(23,24)25)10-16(22)9-14/h6-13H,4-5H2,1-3H3,(H,29,32)/t13-/m0/s1. The summed E-state index contributed by atoms with van der Waals surface area (Å²) in [5.41, 5.74) is -1.31. The van der Waals surface area contributed by atoms with Gasteiger partial charge in [-0.1, -0.05) is 13.8 Å². The molecule has 3 aromatic rings. The van der Waals surface area contributed by atoms with Crippen LogP contribution in [0.3, 0.4) is 0 Å². The van der Waals surface area contributed by atoms with E-state index >= 15 is 0 Å². The molecule has 0 radical (unpaired) electrons. The van der Waals surface area contributed by atoms with Gasteiger partial charge in [-0.15, -0.1) is 0 Å². The summed E-state index contributed by atoms with van der Waals surface area (Å²) in [5, 5.41) is 6.57. The van der Waals surface area contributed by atoms with Gasteiger partial charge in [0.2, 0.25) is 0 Å². The lowest BCUT2D eigenvalue weighted by molar-refractivity contribution is -0.137. The highest BCUT2D eigenvalue weighted by Crippen LogP contribution is 2.30. The molecule has 2 heterocycles. The lowest BCUT2D eigenvalue weighted by Crippen LogP contribution is -2.29. The smallest absolute Gasteiger partial charge is 0.342 e. The van der Waals surface area contributed by atoms with Gasteiger partial charge in [0.1, 0.15) is 12.1 Å². The number of rotatable bonds is 7. The number of hydrogen-bond donors (Lipinski definition) is 1. The average Bonchev–Trinajstić information content (AvgIpc) is 3.28. The van der Waals surface area contributed by atoms with Crippen LogP contribution >= 0.6 is 0 Å². The van der Waals surface area contributed by atoms with Crippen LogP contribution in [-0.4, -0.2) is 41.4 Å². The first-order chi connectivity index (χ1) is 16.0. The van der Waals surface area contributed by atoms with E-state index in [1.807, 2.05) is 0 Å². The minimum absolute atomic E-state index is 0.240. The molecule has 2 aromatic heterocycles.